The van der Waals surface area contributed by atoms with Gasteiger partial charge in [-0.05, 0) is 20.8 Å². The molecule has 92 valence electrons. The van der Waals surface area contributed by atoms with Gasteiger partial charge in [0.2, 0.25) is 0 Å². The van der Waals surface area contributed by atoms with Gasteiger partial charge in [-0.3, -0.25) is 0 Å². The maximum Gasteiger partial charge on any atom is 0.408 e. The molecule has 0 fully saturated rings. The first kappa shape index (κ1) is 14.6. The fourth-order valence-electron chi connectivity index (χ4n) is 0.933. The number of hydrogen-bond acceptors (Lipinski definition) is 4. The first-order valence-electron chi connectivity index (χ1n) is 5.15. The second-order valence-corrected chi connectivity index (χ2v) is 4.34. The van der Waals surface area contributed by atoms with Crippen LogP contribution in [0.2, 0.25) is 0 Å². The largest absolute Gasteiger partial charge is 0.444 e. The fraction of sp³-hybridized carbons (Fsp3) is 0.636. The van der Waals surface area contributed by atoms with E-state index in [0.717, 1.165) is 0 Å². The number of carbonyl (C=O) groups is 2. The molecule has 0 bridgehead atoms. The Bertz CT molecular complexity index is 246. The third kappa shape index (κ3) is 7.99. The quantitative estimate of drug-likeness (QED) is 0.402. The summed E-state index contributed by atoms with van der Waals surface area (Å²) in [4.78, 5) is 22.0. The van der Waals surface area contributed by atoms with E-state index in [1.807, 2.05) is 0 Å². The van der Waals surface area contributed by atoms with Crippen LogP contribution in [0.3, 0.4) is 0 Å². The van der Waals surface area contributed by atoms with Crippen LogP contribution in [-0.4, -0.2) is 37.1 Å². The van der Waals surface area contributed by atoms with Crippen LogP contribution in [0.5, 0.6) is 0 Å². The summed E-state index contributed by atoms with van der Waals surface area (Å²) in [6.45, 7) is 9.76. The minimum Gasteiger partial charge on any atom is -0.444 e. The molecule has 5 nitrogen and oxygen atoms in total. The standard InChI is InChI=1S/C11H20N2O3/c1-5-6-12-7-9(8-14)13-10(15)16-11(2,3)4/h5,8-9,12H,1,6-7H2,2-4H3,(H,13,15)/t9-/m0/s1. The van der Waals surface area contributed by atoms with E-state index in [9.17, 15) is 9.59 Å². The monoisotopic (exact) mass is 228 g/mol. The molecule has 0 unspecified atom stereocenters. The number of amides is 1. The summed E-state index contributed by atoms with van der Waals surface area (Å²) >= 11 is 0. The van der Waals surface area contributed by atoms with Crippen LogP contribution in [0.4, 0.5) is 4.79 Å². The van der Waals surface area contributed by atoms with Crippen molar-refractivity contribution < 1.29 is 14.3 Å². The predicted octanol–water partition coefficient (Wildman–Crippen LogP) is 0.854. The zero-order valence-corrected chi connectivity index (χ0v) is 10.1. The molecule has 0 aromatic rings. The van der Waals surface area contributed by atoms with Crippen molar-refractivity contribution >= 4 is 12.4 Å². The molecule has 5 heteroatoms. The molecule has 0 aliphatic rings. The lowest BCUT2D eigenvalue weighted by atomic mass is 10.2. The van der Waals surface area contributed by atoms with E-state index >= 15 is 0 Å². The highest BCUT2D eigenvalue weighted by molar-refractivity contribution is 5.73. The molecule has 0 aromatic heterocycles. The Morgan fingerprint density at radius 1 is 1.50 bits per heavy atom. The summed E-state index contributed by atoms with van der Waals surface area (Å²) in [7, 11) is 0. The van der Waals surface area contributed by atoms with Crippen molar-refractivity contribution in [3.63, 3.8) is 0 Å². The van der Waals surface area contributed by atoms with Gasteiger partial charge in [-0.25, -0.2) is 4.79 Å². The van der Waals surface area contributed by atoms with Gasteiger partial charge < -0.3 is 20.2 Å². The van der Waals surface area contributed by atoms with Gasteiger partial charge in [0, 0.05) is 13.1 Å². The second-order valence-electron chi connectivity index (χ2n) is 4.34. The number of carbonyl (C=O) groups excluding carboxylic acids is 2. The summed E-state index contributed by atoms with van der Waals surface area (Å²) < 4.78 is 5.02. The number of rotatable bonds is 6. The molecule has 0 aromatic carbocycles. The van der Waals surface area contributed by atoms with E-state index in [2.05, 4.69) is 17.2 Å². The molecule has 0 rings (SSSR count). The Morgan fingerprint density at radius 3 is 2.56 bits per heavy atom. The topological polar surface area (TPSA) is 67.4 Å². The SMILES string of the molecule is C=CCNC[C@@H](C=O)NC(=O)OC(C)(C)C. The molecule has 1 atom stereocenters. The Balaban J connectivity index is 3.97. The van der Waals surface area contributed by atoms with Gasteiger partial charge in [0.15, 0.2) is 0 Å². The van der Waals surface area contributed by atoms with E-state index in [1.54, 1.807) is 26.8 Å². The van der Waals surface area contributed by atoms with Gasteiger partial charge in [0.05, 0.1) is 0 Å². The van der Waals surface area contributed by atoms with Crippen molar-refractivity contribution in [2.24, 2.45) is 0 Å². The Kier molecular flexibility index (Phi) is 6.41. The normalized spacial score (nSPS) is 12.7. The van der Waals surface area contributed by atoms with Gasteiger partial charge in [-0.15, -0.1) is 6.58 Å². The van der Waals surface area contributed by atoms with Crippen molar-refractivity contribution in [3.05, 3.63) is 12.7 Å². The molecule has 0 aliphatic heterocycles. The maximum absolute atomic E-state index is 11.3. The van der Waals surface area contributed by atoms with Crippen LogP contribution in [0.25, 0.3) is 0 Å². The molecular weight excluding hydrogens is 208 g/mol. The second kappa shape index (κ2) is 7.00. The predicted molar refractivity (Wildman–Crippen MR) is 62.3 cm³/mol. The van der Waals surface area contributed by atoms with E-state index in [-0.39, 0.29) is 0 Å². The first-order chi connectivity index (χ1) is 7.39. The first-order valence-corrected chi connectivity index (χ1v) is 5.15. The van der Waals surface area contributed by atoms with Crippen LogP contribution >= 0.6 is 0 Å². The number of aldehydes is 1. The average molecular weight is 228 g/mol. The van der Waals surface area contributed by atoms with E-state index in [0.29, 0.717) is 19.4 Å². The summed E-state index contributed by atoms with van der Waals surface area (Å²) in [5, 5.41) is 5.39. The van der Waals surface area contributed by atoms with Crippen LogP contribution in [-0.2, 0) is 9.53 Å². The Morgan fingerprint density at radius 2 is 2.12 bits per heavy atom. The lowest BCUT2D eigenvalue weighted by Crippen LogP contribution is -2.45. The molecule has 0 saturated carbocycles. The van der Waals surface area contributed by atoms with E-state index < -0.39 is 17.7 Å². The van der Waals surface area contributed by atoms with Gasteiger partial charge in [0.25, 0.3) is 0 Å². The van der Waals surface area contributed by atoms with E-state index in [4.69, 9.17) is 4.74 Å². The number of ether oxygens (including phenoxy) is 1. The molecule has 16 heavy (non-hydrogen) atoms. The van der Waals surface area contributed by atoms with Crippen molar-refractivity contribution in [1.29, 1.82) is 0 Å². The minimum absolute atomic E-state index is 0.356. The minimum atomic E-state index is -0.593. The number of hydrogen-bond donors (Lipinski definition) is 2. The maximum atomic E-state index is 11.3. The third-order valence-corrected chi connectivity index (χ3v) is 1.52. The van der Waals surface area contributed by atoms with Gasteiger partial charge >= 0.3 is 6.09 Å². The molecule has 0 heterocycles. The van der Waals surface area contributed by atoms with Crippen molar-refractivity contribution in [3.8, 4) is 0 Å². The summed E-state index contributed by atoms with van der Waals surface area (Å²) in [6.07, 6.45) is 1.75. The third-order valence-electron chi connectivity index (χ3n) is 1.52. The van der Waals surface area contributed by atoms with Crippen LogP contribution in [0.15, 0.2) is 12.7 Å². The Hall–Kier alpha value is -1.36. The molecule has 0 saturated heterocycles. The zero-order valence-electron chi connectivity index (χ0n) is 10.1. The fourth-order valence-corrected chi connectivity index (χ4v) is 0.933. The van der Waals surface area contributed by atoms with Gasteiger partial charge in [0.1, 0.15) is 17.9 Å². The van der Waals surface area contributed by atoms with Crippen LogP contribution < -0.4 is 10.6 Å². The smallest absolute Gasteiger partial charge is 0.408 e. The van der Waals surface area contributed by atoms with Crippen molar-refractivity contribution in [2.75, 3.05) is 13.1 Å². The molecule has 0 spiro atoms. The molecular formula is C11H20N2O3. The van der Waals surface area contributed by atoms with E-state index in [1.165, 1.54) is 0 Å². The summed E-state index contributed by atoms with van der Waals surface area (Å²) in [6, 6.07) is -0.588. The average Bonchev–Trinajstić information content (AvgIpc) is 2.13. The van der Waals surface area contributed by atoms with Crippen LogP contribution in [0.1, 0.15) is 20.8 Å². The summed E-state index contributed by atoms with van der Waals surface area (Å²) in [5.74, 6) is 0. The number of nitrogens with one attached hydrogen (secondary N) is 2. The van der Waals surface area contributed by atoms with Gasteiger partial charge in [-0.2, -0.15) is 0 Å². The molecule has 0 aliphatic carbocycles. The highest BCUT2D eigenvalue weighted by Gasteiger charge is 2.18. The van der Waals surface area contributed by atoms with Crippen molar-refractivity contribution in [1.82, 2.24) is 10.6 Å². The van der Waals surface area contributed by atoms with Crippen molar-refractivity contribution in [2.45, 2.75) is 32.4 Å². The van der Waals surface area contributed by atoms with Gasteiger partial charge in [-0.1, -0.05) is 6.08 Å². The zero-order chi connectivity index (χ0) is 12.6. The highest BCUT2D eigenvalue weighted by atomic mass is 16.6. The van der Waals surface area contributed by atoms with Crippen LogP contribution in [0, 0.1) is 0 Å². The highest BCUT2D eigenvalue weighted by Crippen LogP contribution is 2.06. The lowest BCUT2D eigenvalue weighted by Gasteiger charge is -2.21. The lowest BCUT2D eigenvalue weighted by molar-refractivity contribution is -0.109. The molecule has 0 radical (unpaired) electrons. The Labute approximate surface area is 96.2 Å². The number of alkyl carbamates (subject to hydrolysis) is 1. The summed E-state index contributed by atoms with van der Waals surface area (Å²) in [5.41, 5.74) is -0.563. The molecule has 1 amide bonds. The molecule has 2 N–H and O–H groups in total.